The van der Waals surface area contributed by atoms with E-state index in [0.717, 1.165) is 24.2 Å². The maximum absolute atomic E-state index is 12.0. The van der Waals surface area contributed by atoms with E-state index in [-0.39, 0.29) is 11.8 Å². The van der Waals surface area contributed by atoms with Gasteiger partial charge in [-0.15, -0.1) is 10.2 Å². The van der Waals surface area contributed by atoms with Gasteiger partial charge in [-0.3, -0.25) is 4.79 Å². The number of hydrogen-bond donors (Lipinski definition) is 3. The van der Waals surface area contributed by atoms with Gasteiger partial charge in [0, 0.05) is 38.4 Å². The first-order chi connectivity index (χ1) is 12.7. The third kappa shape index (κ3) is 5.38. The van der Waals surface area contributed by atoms with Crippen molar-refractivity contribution in [3.05, 3.63) is 36.0 Å². The molecule has 2 aromatic heterocycles. The van der Waals surface area contributed by atoms with Gasteiger partial charge in [-0.2, -0.15) is 0 Å². The van der Waals surface area contributed by atoms with Crippen molar-refractivity contribution in [1.29, 1.82) is 0 Å². The highest BCUT2D eigenvalue weighted by atomic mass is 16.5. The first kappa shape index (κ1) is 18.1. The van der Waals surface area contributed by atoms with Crippen molar-refractivity contribution in [3.63, 3.8) is 0 Å². The van der Waals surface area contributed by atoms with Gasteiger partial charge in [0.25, 0.3) is 0 Å². The lowest BCUT2D eigenvalue weighted by molar-refractivity contribution is -0.127. The molecule has 8 heteroatoms. The van der Waals surface area contributed by atoms with Crippen LogP contribution in [0.25, 0.3) is 0 Å². The Morgan fingerprint density at radius 3 is 2.50 bits per heavy atom. The normalized spacial score (nSPS) is 14.7. The van der Waals surface area contributed by atoms with E-state index in [0.29, 0.717) is 37.9 Å². The summed E-state index contributed by atoms with van der Waals surface area (Å²) in [6, 6.07) is 7.54. The van der Waals surface area contributed by atoms with Crippen molar-refractivity contribution in [3.8, 4) is 0 Å². The minimum absolute atomic E-state index is 0.0734. The second kappa shape index (κ2) is 9.10. The molecule has 1 saturated heterocycles. The van der Waals surface area contributed by atoms with Gasteiger partial charge in [0.05, 0.1) is 0 Å². The first-order valence-corrected chi connectivity index (χ1v) is 8.83. The molecule has 8 nitrogen and oxygen atoms in total. The van der Waals surface area contributed by atoms with Crippen molar-refractivity contribution in [2.75, 3.05) is 36.9 Å². The molecular formula is C18H24N6O2. The summed E-state index contributed by atoms with van der Waals surface area (Å²) in [5, 5.41) is 17.4. The molecule has 3 heterocycles. The third-order valence-corrected chi connectivity index (χ3v) is 4.15. The zero-order chi connectivity index (χ0) is 18.2. The Kier molecular flexibility index (Phi) is 6.32. The number of aromatic nitrogens is 3. The van der Waals surface area contributed by atoms with E-state index < -0.39 is 0 Å². The summed E-state index contributed by atoms with van der Waals surface area (Å²) in [4.78, 5) is 16.3. The second-order valence-corrected chi connectivity index (χ2v) is 6.25. The molecule has 0 aliphatic carbocycles. The predicted molar refractivity (Wildman–Crippen MR) is 99.3 cm³/mol. The fraction of sp³-hybridized carbons (Fsp3) is 0.444. The molecule has 1 amide bonds. The topological polar surface area (TPSA) is 101 Å². The van der Waals surface area contributed by atoms with E-state index in [1.807, 2.05) is 31.2 Å². The molecule has 0 aromatic carbocycles. The van der Waals surface area contributed by atoms with Crippen LogP contribution < -0.4 is 16.0 Å². The molecule has 0 bridgehead atoms. The molecule has 1 aliphatic rings. The van der Waals surface area contributed by atoms with Gasteiger partial charge in [-0.05, 0) is 43.5 Å². The highest BCUT2D eigenvalue weighted by molar-refractivity contribution is 5.78. The highest BCUT2D eigenvalue weighted by Crippen LogP contribution is 2.14. The van der Waals surface area contributed by atoms with Crippen LogP contribution >= 0.6 is 0 Å². The van der Waals surface area contributed by atoms with Crippen molar-refractivity contribution in [1.82, 2.24) is 20.5 Å². The molecule has 0 unspecified atom stereocenters. The monoisotopic (exact) mass is 356 g/mol. The van der Waals surface area contributed by atoms with Gasteiger partial charge < -0.3 is 20.7 Å². The Morgan fingerprint density at radius 1 is 1.08 bits per heavy atom. The molecule has 3 N–H and O–H groups in total. The summed E-state index contributed by atoms with van der Waals surface area (Å²) in [5.41, 5.74) is 1.10. The lowest BCUT2D eigenvalue weighted by Gasteiger charge is -2.21. The van der Waals surface area contributed by atoms with Crippen LogP contribution in [0.5, 0.6) is 0 Å². The minimum atomic E-state index is 0.0734. The Bertz CT molecular complexity index is 699. The molecule has 26 heavy (non-hydrogen) atoms. The van der Waals surface area contributed by atoms with Crippen LogP contribution in [0.4, 0.5) is 17.5 Å². The molecule has 1 fully saturated rings. The summed E-state index contributed by atoms with van der Waals surface area (Å²) < 4.78 is 5.27. The number of ether oxygens (including phenoxy) is 1. The number of aryl methyl sites for hydroxylation is 1. The molecule has 0 spiro atoms. The molecule has 3 rings (SSSR count). The van der Waals surface area contributed by atoms with Crippen molar-refractivity contribution >= 4 is 23.4 Å². The van der Waals surface area contributed by atoms with E-state index >= 15 is 0 Å². The average Bonchev–Trinajstić information content (AvgIpc) is 2.69. The van der Waals surface area contributed by atoms with Gasteiger partial charge in [-0.25, -0.2) is 4.98 Å². The zero-order valence-corrected chi connectivity index (χ0v) is 14.9. The largest absolute Gasteiger partial charge is 0.381 e. The Labute approximate surface area is 152 Å². The van der Waals surface area contributed by atoms with E-state index in [2.05, 4.69) is 31.1 Å². The fourth-order valence-corrected chi connectivity index (χ4v) is 2.65. The maximum Gasteiger partial charge on any atom is 0.223 e. The number of nitrogens with zero attached hydrogens (tertiary/aromatic N) is 3. The van der Waals surface area contributed by atoms with Crippen LogP contribution in [0.15, 0.2) is 30.5 Å². The van der Waals surface area contributed by atoms with Gasteiger partial charge in [0.1, 0.15) is 11.6 Å². The van der Waals surface area contributed by atoms with Crippen LogP contribution in [0, 0.1) is 12.8 Å². The number of pyridine rings is 1. The SMILES string of the molecule is Cc1ccc(Nc2ccc(NCCNC(=O)C3CCOCC3)nn2)nc1. The molecule has 2 aromatic rings. The number of carbonyl (C=O) groups excluding carboxylic acids is 1. The summed E-state index contributed by atoms with van der Waals surface area (Å²) in [6.07, 6.45) is 3.39. The summed E-state index contributed by atoms with van der Waals surface area (Å²) in [6.45, 7) is 4.47. The number of amides is 1. The number of anilines is 3. The summed E-state index contributed by atoms with van der Waals surface area (Å²) in [7, 11) is 0. The van der Waals surface area contributed by atoms with E-state index in [1.165, 1.54) is 0 Å². The lowest BCUT2D eigenvalue weighted by atomic mass is 9.99. The maximum atomic E-state index is 12.0. The number of rotatable bonds is 7. The smallest absolute Gasteiger partial charge is 0.223 e. The summed E-state index contributed by atoms with van der Waals surface area (Å²) in [5.74, 6) is 2.18. The highest BCUT2D eigenvalue weighted by Gasteiger charge is 2.20. The minimum Gasteiger partial charge on any atom is -0.381 e. The Hall–Kier alpha value is -2.74. The molecule has 0 atom stereocenters. The van der Waals surface area contributed by atoms with Gasteiger partial charge in [0.15, 0.2) is 5.82 Å². The van der Waals surface area contributed by atoms with Crippen LogP contribution in [0.3, 0.4) is 0 Å². The van der Waals surface area contributed by atoms with E-state index in [1.54, 1.807) is 6.20 Å². The van der Waals surface area contributed by atoms with E-state index in [4.69, 9.17) is 4.74 Å². The van der Waals surface area contributed by atoms with Gasteiger partial charge >= 0.3 is 0 Å². The second-order valence-electron chi connectivity index (χ2n) is 6.25. The van der Waals surface area contributed by atoms with Crippen LogP contribution in [-0.4, -0.2) is 47.4 Å². The van der Waals surface area contributed by atoms with Gasteiger partial charge in [0.2, 0.25) is 5.91 Å². The predicted octanol–water partition coefficient (Wildman–Crippen LogP) is 1.88. The third-order valence-electron chi connectivity index (χ3n) is 4.15. The van der Waals surface area contributed by atoms with Crippen LogP contribution in [-0.2, 0) is 9.53 Å². The van der Waals surface area contributed by atoms with Crippen LogP contribution in [0.1, 0.15) is 18.4 Å². The van der Waals surface area contributed by atoms with E-state index in [9.17, 15) is 4.79 Å². The molecular weight excluding hydrogens is 332 g/mol. The van der Waals surface area contributed by atoms with Crippen molar-refractivity contribution in [2.24, 2.45) is 5.92 Å². The fourth-order valence-electron chi connectivity index (χ4n) is 2.65. The first-order valence-electron chi connectivity index (χ1n) is 8.83. The van der Waals surface area contributed by atoms with Crippen molar-refractivity contribution < 1.29 is 9.53 Å². The molecule has 0 saturated carbocycles. The standard InChI is InChI=1S/C18H24N6O2/c1-13-2-3-15(21-12-13)22-17-5-4-16(23-24-17)19-8-9-20-18(25)14-6-10-26-11-7-14/h2-5,12,14H,6-11H2,1H3,(H,19,23)(H,20,25)(H,21,22,24). The molecule has 0 radical (unpaired) electrons. The summed E-state index contributed by atoms with van der Waals surface area (Å²) >= 11 is 0. The van der Waals surface area contributed by atoms with Crippen LogP contribution in [0.2, 0.25) is 0 Å². The molecule has 1 aliphatic heterocycles. The zero-order valence-electron chi connectivity index (χ0n) is 14.9. The van der Waals surface area contributed by atoms with Crippen molar-refractivity contribution in [2.45, 2.75) is 19.8 Å². The Morgan fingerprint density at radius 2 is 1.81 bits per heavy atom. The quantitative estimate of drug-likeness (QED) is 0.651. The van der Waals surface area contributed by atoms with Gasteiger partial charge in [-0.1, -0.05) is 6.07 Å². The Balaban J connectivity index is 1.38. The number of hydrogen-bond acceptors (Lipinski definition) is 7. The molecule has 138 valence electrons. The number of carbonyl (C=O) groups is 1. The average molecular weight is 356 g/mol. The number of nitrogens with one attached hydrogen (secondary N) is 3. The lowest BCUT2D eigenvalue weighted by Crippen LogP contribution is -2.36.